The molecule has 0 bridgehead atoms. The summed E-state index contributed by atoms with van der Waals surface area (Å²) in [5, 5.41) is 0. The highest BCUT2D eigenvalue weighted by atomic mass is 16.2. The van der Waals surface area contributed by atoms with Crippen LogP contribution < -0.4 is 22.5 Å². The Balaban J connectivity index is 2.98. The third-order valence-electron chi connectivity index (χ3n) is 3.18. The molecule has 20 heavy (non-hydrogen) atoms. The van der Waals surface area contributed by atoms with Gasteiger partial charge in [0.05, 0.1) is 11.1 Å². The van der Waals surface area contributed by atoms with Gasteiger partial charge in [0, 0.05) is 40.6 Å². The van der Waals surface area contributed by atoms with E-state index < -0.39 is 22.5 Å². The summed E-state index contributed by atoms with van der Waals surface area (Å²) in [4.78, 5) is 47.5. The maximum Gasteiger partial charge on any atom is 0.330 e. The van der Waals surface area contributed by atoms with Gasteiger partial charge in [0.1, 0.15) is 0 Å². The van der Waals surface area contributed by atoms with Gasteiger partial charge in [-0.2, -0.15) is 0 Å². The first kappa shape index (κ1) is 13.8. The molecule has 8 nitrogen and oxygen atoms in total. The highest BCUT2D eigenvalue weighted by Gasteiger charge is 2.15. The lowest BCUT2D eigenvalue weighted by Gasteiger charge is -2.09. The summed E-state index contributed by atoms with van der Waals surface area (Å²) in [6.07, 6.45) is 2.59. The van der Waals surface area contributed by atoms with E-state index in [0.29, 0.717) is 0 Å². The predicted molar refractivity (Wildman–Crippen MR) is 72.8 cm³/mol. The van der Waals surface area contributed by atoms with Crippen molar-refractivity contribution in [2.45, 2.75) is 0 Å². The average molecular weight is 278 g/mol. The van der Waals surface area contributed by atoms with E-state index in [9.17, 15) is 19.2 Å². The Morgan fingerprint density at radius 3 is 1.25 bits per heavy atom. The molecular weight excluding hydrogens is 264 g/mol. The first-order valence-corrected chi connectivity index (χ1v) is 5.79. The van der Waals surface area contributed by atoms with Crippen molar-refractivity contribution in [3.05, 3.63) is 54.1 Å². The Bertz CT molecular complexity index is 849. The second-order valence-electron chi connectivity index (χ2n) is 4.60. The van der Waals surface area contributed by atoms with Crippen molar-refractivity contribution in [1.29, 1.82) is 0 Å². The molecule has 8 heteroatoms. The molecule has 0 radical (unpaired) electrons. The van der Waals surface area contributed by atoms with Crippen molar-refractivity contribution in [3.8, 4) is 11.1 Å². The van der Waals surface area contributed by atoms with Gasteiger partial charge in [-0.15, -0.1) is 0 Å². The van der Waals surface area contributed by atoms with Crippen LogP contribution in [0, 0.1) is 0 Å². The molecule has 0 aliphatic heterocycles. The third-order valence-corrected chi connectivity index (χ3v) is 3.18. The number of hydrogen-bond donors (Lipinski definition) is 0. The molecule has 0 N–H and O–H groups in total. The normalized spacial score (nSPS) is 10.8. The topological polar surface area (TPSA) is 88.0 Å². The second kappa shape index (κ2) is 4.48. The van der Waals surface area contributed by atoms with Crippen LogP contribution in [0.5, 0.6) is 0 Å². The zero-order valence-electron chi connectivity index (χ0n) is 11.6. The first-order chi connectivity index (χ1) is 9.25. The molecular formula is C12H14N4O4. The van der Waals surface area contributed by atoms with Gasteiger partial charge in [-0.3, -0.25) is 18.7 Å². The molecule has 106 valence electrons. The van der Waals surface area contributed by atoms with Crippen LogP contribution in [0.3, 0.4) is 0 Å². The molecule has 0 fully saturated rings. The Morgan fingerprint density at radius 1 is 0.650 bits per heavy atom. The minimum atomic E-state index is -0.580. The first-order valence-electron chi connectivity index (χ1n) is 5.79. The fourth-order valence-corrected chi connectivity index (χ4v) is 1.99. The lowest BCUT2D eigenvalue weighted by Crippen LogP contribution is -2.41. The summed E-state index contributed by atoms with van der Waals surface area (Å²) in [5.41, 5.74) is -1.98. The van der Waals surface area contributed by atoms with Crippen molar-refractivity contribution in [2.75, 3.05) is 0 Å². The highest BCUT2D eigenvalue weighted by molar-refractivity contribution is 5.59. The monoisotopic (exact) mass is 278 g/mol. The molecule has 2 heterocycles. The molecule has 0 atom stereocenters. The highest BCUT2D eigenvalue weighted by Crippen LogP contribution is 2.06. The molecule has 2 rings (SSSR count). The molecule has 0 amide bonds. The number of rotatable bonds is 1. The SMILES string of the molecule is Cn1cc(-c2cn(C)c(=O)n(C)c2=O)c(=O)n(C)c1=O. The molecule has 0 saturated heterocycles. The standard InChI is InChI=1S/C12H14N4O4/c1-13-5-7(9(17)15(3)11(13)19)8-6-14(2)12(20)16(4)10(8)18/h5-6H,1-4H3. The van der Waals surface area contributed by atoms with Gasteiger partial charge >= 0.3 is 11.4 Å². The van der Waals surface area contributed by atoms with E-state index in [1.807, 2.05) is 0 Å². The van der Waals surface area contributed by atoms with Crippen LogP contribution in [-0.4, -0.2) is 18.3 Å². The number of aryl methyl sites for hydroxylation is 2. The van der Waals surface area contributed by atoms with Gasteiger partial charge in [-0.1, -0.05) is 0 Å². The van der Waals surface area contributed by atoms with Crippen LogP contribution >= 0.6 is 0 Å². The maximum atomic E-state index is 12.1. The summed E-state index contributed by atoms with van der Waals surface area (Å²) >= 11 is 0. The van der Waals surface area contributed by atoms with Gasteiger partial charge in [0.25, 0.3) is 11.1 Å². The Kier molecular flexibility index (Phi) is 3.09. The summed E-state index contributed by atoms with van der Waals surface area (Å²) in [7, 11) is 5.64. The van der Waals surface area contributed by atoms with Crippen molar-refractivity contribution < 1.29 is 0 Å². The van der Waals surface area contributed by atoms with E-state index in [4.69, 9.17) is 0 Å². The lowest BCUT2D eigenvalue weighted by molar-refractivity contribution is 0.675. The molecule has 2 aromatic heterocycles. The van der Waals surface area contributed by atoms with Crippen LogP contribution in [-0.2, 0) is 28.2 Å². The van der Waals surface area contributed by atoms with Gasteiger partial charge in [-0.25, -0.2) is 9.59 Å². The van der Waals surface area contributed by atoms with E-state index in [1.54, 1.807) is 0 Å². The molecule has 0 unspecified atom stereocenters. The summed E-state index contributed by atoms with van der Waals surface area (Å²) in [6, 6.07) is 0. The van der Waals surface area contributed by atoms with Crippen LogP contribution in [0.4, 0.5) is 0 Å². The molecule has 0 aromatic carbocycles. The molecule has 2 aromatic rings. The smallest absolute Gasteiger partial charge is 0.303 e. The maximum absolute atomic E-state index is 12.1. The van der Waals surface area contributed by atoms with E-state index >= 15 is 0 Å². The van der Waals surface area contributed by atoms with E-state index in [0.717, 1.165) is 9.13 Å². The van der Waals surface area contributed by atoms with E-state index in [1.165, 1.54) is 49.7 Å². The Morgan fingerprint density at radius 2 is 0.950 bits per heavy atom. The molecule has 0 aliphatic rings. The van der Waals surface area contributed by atoms with Crippen LogP contribution in [0.25, 0.3) is 11.1 Å². The van der Waals surface area contributed by atoms with Crippen LogP contribution in [0.2, 0.25) is 0 Å². The fraction of sp³-hybridized carbons (Fsp3) is 0.333. The zero-order chi connectivity index (χ0) is 15.2. The Labute approximate surface area is 112 Å². The summed E-state index contributed by atoms with van der Waals surface area (Å²) in [6.45, 7) is 0. The number of hydrogen-bond acceptors (Lipinski definition) is 4. The fourth-order valence-electron chi connectivity index (χ4n) is 1.99. The quantitative estimate of drug-likeness (QED) is 0.612. The second-order valence-corrected chi connectivity index (χ2v) is 4.60. The molecule has 0 saturated carbocycles. The predicted octanol–water partition coefficient (Wildman–Crippen LogP) is -1.85. The van der Waals surface area contributed by atoms with Crippen molar-refractivity contribution >= 4 is 0 Å². The van der Waals surface area contributed by atoms with Gasteiger partial charge < -0.3 is 9.13 Å². The molecule has 0 spiro atoms. The van der Waals surface area contributed by atoms with Crippen molar-refractivity contribution in [3.63, 3.8) is 0 Å². The zero-order valence-corrected chi connectivity index (χ0v) is 11.6. The van der Waals surface area contributed by atoms with Crippen molar-refractivity contribution in [2.24, 2.45) is 28.2 Å². The number of nitrogens with zero attached hydrogens (tertiary/aromatic N) is 4. The average Bonchev–Trinajstić information content (AvgIpc) is 2.42. The molecule has 0 aliphatic carbocycles. The third kappa shape index (κ3) is 1.85. The van der Waals surface area contributed by atoms with E-state index in [-0.39, 0.29) is 11.1 Å². The minimum absolute atomic E-state index is 0.0748. The lowest BCUT2D eigenvalue weighted by atomic mass is 10.2. The van der Waals surface area contributed by atoms with Crippen molar-refractivity contribution in [1.82, 2.24) is 18.3 Å². The van der Waals surface area contributed by atoms with Crippen LogP contribution in [0.15, 0.2) is 31.6 Å². The Hall–Kier alpha value is -2.64. The van der Waals surface area contributed by atoms with Crippen LogP contribution in [0.1, 0.15) is 0 Å². The number of aromatic nitrogens is 4. The van der Waals surface area contributed by atoms with Gasteiger partial charge in [0.2, 0.25) is 0 Å². The van der Waals surface area contributed by atoms with Gasteiger partial charge in [-0.05, 0) is 0 Å². The van der Waals surface area contributed by atoms with E-state index in [2.05, 4.69) is 0 Å². The summed E-state index contributed by atoms with van der Waals surface area (Å²) in [5.74, 6) is 0. The minimum Gasteiger partial charge on any atom is -0.303 e. The van der Waals surface area contributed by atoms with Gasteiger partial charge in [0.15, 0.2) is 0 Å². The largest absolute Gasteiger partial charge is 0.330 e. The summed E-state index contributed by atoms with van der Waals surface area (Å²) < 4.78 is 4.25.